The molecule has 0 saturated carbocycles. The van der Waals surface area contributed by atoms with Crippen LogP contribution in [-0.2, 0) is 0 Å². The van der Waals surface area contributed by atoms with E-state index in [2.05, 4.69) is 9.72 Å². The SMILES string of the molecule is Cc1ccccc1-c1nc(=O)n(-c2ccc(OC(F)(F)F)cc2)o1. The summed E-state index contributed by atoms with van der Waals surface area (Å²) in [7, 11) is 0. The van der Waals surface area contributed by atoms with E-state index in [4.69, 9.17) is 4.52 Å². The Morgan fingerprint density at radius 1 is 1.08 bits per heavy atom. The lowest BCUT2D eigenvalue weighted by Crippen LogP contribution is -2.17. The van der Waals surface area contributed by atoms with Crippen LogP contribution in [0.5, 0.6) is 5.75 Å². The third-order valence-electron chi connectivity index (χ3n) is 3.23. The van der Waals surface area contributed by atoms with Gasteiger partial charge in [-0.1, -0.05) is 18.2 Å². The summed E-state index contributed by atoms with van der Waals surface area (Å²) in [4.78, 5) is 15.8. The molecule has 8 heteroatoms. The third kappa shape index (κ3) is 3.32. The van der Waals surface area contributed by atoms with Crippen LogP contribution in [0.25, 0.3) is 17.1 Å². The van der Waals surface area contributed by atoms with Crippen molar-refractivity contribution >= 4 is 0 Å². The lowest BCUT2D eigenvalue weighted by Gasteiger charge is -2.08. The standard InChI is InChI=1S/C16H11F3N2O3/c1-10-4-2-3-5-13(10)14-20-15(22)21(24-14)11-6-8-12(9-7-11)23-16(17,18)19/h2-9H,1H3. The van der Waals surface area contributed by atoms with Gasteiger partial charge in [-0.25, -0.2) is 4.79 Å². The van der Waals surface area contributed by atoms with E-state index < -0.39 is 17.8 Å². The minimum absolute atomic E-state index is 0.133. The summed E-state index contributed by atoms with van der Waals surface area (Å²) in [5.74, 6) is -0.258. The Labute approximate surface area is 133 Å². The number of aryl methyl sites for hydroxylation is 1. The summed E-state index contributed by atoms with van der Waals surface area (Å²) in [6.45, 7) is 1.84. The van der Waals surface area contributed by atoms with E-state index in [1.165, 1.54) is 12.1 Å². The molecule has 1 heterocycles. The average molecular weight is 336 g/mol. The highest BCUT2D eigenvalue weighted by Gasteiger charge is 2.31. The molecule has 0 radical (unpaired) electrons. The molecule has 0 spiro atoms. The van der Waals surface area contributed by atoms with Gasteiger partial charge >= 0.3 is 12.1 Å². The monoisotopic (exact) mass is 336 g/mol. The van der Waals surface area contributed by atoms with Crippen molar-refractivity contribution in [1.29, 1.82) is 0 Å². The fourth-order valence-corrected chi connectivity index (χ4v) is 2.15. The Balaban J connectivity index is 1.94. The summed E-state index contributed by atoms with van der Waals surface area (Å²) in [6, 6.07) is 11.9. The molecule has 0 fully saturated rings. The topological polar surface area (TPSA) is 57.3 Å². The van der Waals surface area contributed by atoms with Crippen molar-refractivity contribution in [3.8, 4) is 22.9 Å². The van der Waals surface area contributed by atoms with Crippen molar-refractivity contribution < 1.29 is 22.4 Å². The quantitative estimate of drug-likeness (QED) is 0.732. The Hall–Kier alpha value is -3.03. The van der Waals surface area contributed by atoms with Gasteiger partial charge in [-0.05, 0) is 42.8 Å². The maximum atomic E-state index is 12.2. The highest BCUT2D eigenvalue weighted by Crippen LogP contribution is 2.24. The molecule has 3 aromatic rings. The van der Waals surface area contributed by atoms with E-state index in [1.807, 2.05) is 19.1 Å². The summed E-state index contributed by atoms with van der Waals surface area (Å²) in [5.41, 5.74) is 1.10. The van der Waals surface area contributed by atoms with Crippen LogP contribution < -0.4 is 10.4 Å². The molecule has 0 amide bonds. The molecule has 3 rings (SSSR count). The summed E-state index contributed by atoms with van der Waals surface area (Å²) in [5, 5.41) is 0. The second-order valence-electron chi connectivity index (χ2n) is 4.94. The molecule has 124 valence electrons. The first kappa shape index (κ1) is 15.9. The predicted molar refractivity (Wildman–Crippen MR) is 79.0 cm³/mol. The molecule has 2 aromatic carbocycles. The molecule has 0 atom stereocenters. The normalized spacial score (nSPS) is 11.5. The van der Waals surface area contributed by atoms with E-state index in [0.717, 1.165) is 22.4 Å². The number of aromatic nitrogens is 2. The van der Waals surface area contributed by atoms with E-state index in [1.54, 1.807) is 12.1 Å². The molecule has 0 bridgehead atoms. The number of hydrogen-bond acceptors (Lipinski definition) is 4. The van der Waals surface area contributed by atoms with Crippen molar-refractivity contribution in [3.63, 3.8) is 0 Å². The first-order valence-corrected chi connectivity index (χ1v) is 6.86. The predicted octanol–water partition coefficient (Wildman–Crippen LogP) is 3.70. The van der Waals surface area contributed by atoms with Gasteiger partial charge in [-0.2, -0.15) is 4.98 Å². The molecule has 0 N–H and O–H groups in total. The van der Waals surface area contributed by atoms with Crippen LogP contribution in [0, 0.1) is 6.92 Å². The van der Waals surface area contributed by atoms with E-state index in [0.29, 0.717) is 5.56 Å². The Morgan fingerprint density at radius 3 is 2.38 bits per heavy atom. The van der Waals surface area contributed by atoms with Gasteiger partial charge in [0.05, 0.1) is 5.69 Å². The molecule has 0 aliphatic heterocycles. The fourth-order valence-electron chi connectivity index (χ4n) is 2.15. The lowest BCUT2D eigenvalue weighted by atomic mass is 10.1. The van der Waals surface area contributed by atoms with Crippen molar-refractivity contribution in [1.82, 2.24) is 9.72 Å². The zero-order chi connectivity index (χ0) is 17.3. The number of ether oxygens (including phenoxy) is 1. The zero-order valence-electron chi connectivity index (χ0n) is 12.4. The van der Waals surface area contributed by atoms with Crippen LogP contribution >= 0.6 is 0 Å². The summed E-state index contributed by atoms with van der Waals surface area (Å²) < 4.78 is 46.6. The van der Waals surface area contributed by atoms with Gasteiger partial charge in [0.1, 0.15) is 5.75 Å². The largest absolute Gasteiger partial charge is 0.573 e. The molecule has 0 aliphatic carbocycles. The third-order valence-corrected chi connectivity index (χ3v) is 3.23. The average Bonchev–Trinajstić information content (AvgIpc) is 2.89. The van der Waals surface area contributed by atoms with Gasteiger partial charge in [0.25, 0.3) is 5.89 Å². The molecule has 5 nitrogen and oxygen atoms in total. The van der Waals surface area contributed by atoms with Crippen LogP contribution in [-0.4, -0.2) is 16.1 Å². The number of rotatable bonds is 3. The van der Waals surface area contributed by atoms with Crippen molar-refractivity contribution in [3.05, 3.63) is 64.6 Å². The second-order valence-corrected chi connectivity index (χ2v) is 4.94. The summed E-state index contributed by atoms with van der Waals surface area (Å²) >= 11 is 0. The van der Waals surface area contributed by atoms with Gasteiger partial charge in [-0.3, -0.25) is 0 Å². The fraction of sp³-hybridized carbons (Fsp3) is 0.125. The number of alkyl halides is 3. The minimum Gasteiger partial charge on any atom is -0.406 e. The van der Waals surface area contributed by atoms with Crippen molar-refractivity contribution in [2.75, 3.05) is 0 Å². The Morgan fingerprint density at radius 2 is 1.75 bits per heavy atom. The maximum Gasteiger partial charge on any atom is 0.573 e. The minimum atomic E-state index is -4.78. The molecular weight excluding hydrogens is 325 g/mol. The molecule has 0 saturated heterocycles. The van der Waals surface area contributed by atoms with E-state index in [9.17, 15) is 18.0 Å². The second kappa shape index (κ2) is 5.88. The van der Waals surface area contributed by atoms with Crippen LogP contribution in [0.3, 0.4) is 0 Å². The van der Waals surface area contributed by atoms with E-state index >= 15 is 0 Å². The number of benzene rings is 2. The maximum absolute atomic E-state index is 12.2. The first-order chi connectivity index (χ1) is 11.3. The van der Waals surface area contributed by atoms with Crippen molar-refractivity contribution in [2.45, 2.75) is 13.3 Å². The van der Waals surface area contributed by atoms with E-state index in [-0.39, 0.29) is 11.6 Å². The van der Waals surface area contributed by atoms with Crippen LogP contribution in [0.1, 0.15) is 5.56 Å². The van der Waals surface area contributed by atoms with Crippen LogP contribution in [0.2, 0.25) is 0 Å². The van der Waals surface area contributed by atoms with Crippen LogP contribution in [0.15, 0.2) is 57.8 Å². The highest BCUT2D eigenvalue weighted by molar-refractivity contribution is 5.57. The van der Waals surface area contributed by atoms with Gasteiger partial charge in [0.15, 0.2) is 0 Å². The molecule has 24 heavy (non-hydrogen) atoms. The van der Waals surface area contributed by atoms with Gasteiger partial charge in [-0.15, -0.1) is 17.9 Å². The van der Waals surface area contributed by atoms with Crippen molar-refractivity contribution in [2.24, 2.45) is 0 Å². The van der Waals surface area contributed by atoms with Gasteiger partial charge in [0, 0.05) is 5.56 Å². The molecule has 0 aliphatic rings. The molecule has 1 aromatic heterocycles. The summed E-state index contributed by atoms with van der Waals surface area (Å²) in [6.07, 6.45) is -4.78. The number of halogens is 3. The van der Waals surface area contributed by atoms with Crippen LogP contribution in [0.4, 0.5) is 13.2 Å². The molecule has 0 unspecified atom stereocenters. The smallest absolute Gasteiger partial charge is 0.406 e. The number of hydrogen-bond donors (Lipinski definition) is 0. The zero-order valence-corrected chi connectivity index (χ0v) is 12.4. The molecular formula is C16H11F3N2O3. The highest BCUT2D eigenvalue weighted by atomic mass is 19.4. The first-order valence-electron chi connectivity index (χ1n) is 6.86. The lowest BCUT2D eigenvalue weighted by molar-refractivity contribution is -0.274. The van der Waals surface area contributed by atoms with Gasteiger partial charge < -0.3 is 9.26 Å². The Bertz CT molecular complexity index is 911. The Kier molecular flexibility index (Phi) is 3.88. The van der Waals surface area contributed by atoms with Gasteiger partial charge in [0.2, 0.25) is 0 Å². The number of nitrogens with zero attached hydrogens (tertiary/aromatic N) is 2.